The number of hydrogen-bond acceptors (Lipinski definition) is 6. The Balaban J connectivity index is 2.22. The van der Waals surface area contributed by atoms with E-state index in [0.717, 1.165) is 0 Å². The van der Waals surface area contributed by atoms with Gasteiger partial charge in [-0.25, -0.2) is 0 Å². The highest BCUT2D eigenvalue weighted by Gasteiger charge is 2.14. The molecule has 2 aromatic heterocycles. The highest BCUT2D eigenvalue weighted by molar-refractivity contribution is 5.29. The van der Waals surface area contributed by atoms with Crippen molar-refractivity contribution in [2.24, 2.45) is 0 Å². The van der Waals surface area contributed by atoms with Gasteiger partial charge in [0, 0.05) is 17.8 Å². The topological polar surface area (TPSA) is 77.4 Å². The van der Waals surface area contributed by atoms with E-state index < -0.39 is 6.10 Å². The first-order valence-electron chi connectivity index (χ1n) is 5.88. The summed E-state index contributed by atoms with van der Waals surface area (Å²) in [6.45, 7) is 2.43. The van der Waals surface area contributed by atoms with Gasteiger partial charge < -0.3 is 14.6 Å². The molecule has 2 aromatic rings. The molecule has 1 N–H and O–H groups in total. The Hall–Kier alpha value is -2.21. The van der Waals surface area contributed by atoms with Crippen molar-refractivity contribution >= 4 is 0 Å². The molecule has 0 spiro atoms. The van der Waals surface area contributed by atoms with Gasteiger partial charge in [0.05, 0.1) is 25.6 Å². The van der Waals surface area contributed by atoms with Crippen molar-refractivity contribution in [1.29, 1.82) is 0 Å². The molecular weight excluding hydrogens is 246 g/mol. The van der Waals surface area contributed by atoms with Crippen LogP contribution >= 0.6 is 0 Å². The van der Waals surface area contributed by atoms with Crippen LogP contribution in [0.1, 0.15) is 24.3 Å². The second kappa shape index (κ2) is 6.10. The van der Waals surface area contributed by atoms with Gasteiger partial charge in [0.2, 0.25) is 5.88 Å². The fourth-order valence-corrected chi connectivity index (χ4v) is 1.59. The van der Waals surface area contributed by atoms with Crippen molar-refractivity contribution < 1.29 is 14.6 Å². The lowest BCUT2D eigenvalue weighted by molar-refractivity contribution is 0.212. The lowest BCUT2D eigenvalue weighted by Gasteiger charge is -2.11. The Morgan fingerprint density at radius 3 is 2.74 bits per heavy atom. The quantitative estimate of drug-likeness (QED) is 0.875. The van der Waals surface area contributed by atoms with Gasteiger partial charge in [-0.3, -0.25) is 4.98 Å². The third kappa shape index (κ3) is 3.17. The molecule has 0 aliphatic carbocycles. The van der Waals surface area contributed by atoms with Crippen molar-refractivity contribution in [3.05, 3.63) is 41.9 Å². The SMILES string of the molecule is CCOc1cncc(C(O)c2ccc(OC)nn2)c1. The van der Waals surface area contributed by atoms with E-state index in [0.29, 0.717) is 29.5 Å². The Morgan fingerprint density at radius 2 is 2.11 bits per heavy atom. The maximum Gasteiger partial charge on any atom is 0.233 e. The van der Waals surface area contributed by atoms with Gasteiger partial charge in [-0.1, -0.05) is 0 Å². The standard InChI is InChI=1S/C13H15N3O3/c1-3-19-10-6-9(7-14-8-10)13(17)11-4-5-12(18-2)16-15-11/h4-8,13,17H,3H2,1-2H3. The van der Waals surface area contributed by atoms with Gasteiger partial charge in [0.25, 0.3) is 0 Å². The molecule has 0 aliphatic heterocycles. The number of aliphatic hydroxyl groups excluding tert-OH is 1. The van der Waals surface area contributed by atoms with Crippen LogP contribution in [0.2, 0.25) is 0 Å². The predicted molar refractivity (Wildman–Crippen MR) is 68.1 cm³/mol. The van der Waals surface area contributed by atoms with Crippen LogP contribution in [-0.2, 0) is 0 Å². The molecule has 19 heavy (non-hydrogen) atoms. The smallest absolute Gasteiger partial charge is 0.233 e. The van der Waals surface area contributed by atoms with Gasteiger partial charge in [0.15, 0.2) is 0 Å². The van der Waals surface area contributed by atoms with Crippen molar-refractivity contribution in [3.8, 4) is 11.6 Å². The van der Waals surface area contributed by atoms with Gasteiger partial charge in [-0.15, -0.1) is 10.2 Å². The Bertz CT molecular complexity index is 531. The molecule has 2 rings (SSSR count). The zero-order valence-corrected chi connectivity index (χ0v) is 10.8. The van der Waals surface area contributed by atoms with E-state index in [2.05, 4.69) is 15.2 Å². The van der Waals surface area contributed by atoms with E-state index in [9.17, 15) is 5.11 Å². The minimum absolute atomic E-state index is 0.400. The molecular formula is C13H15N3O3. The van der Waals surface area contributed by atoms with E-state index >= 15 is 0 Å². The molecule has 0 fully saturated rings. The molecule has 0 saturated carbocycles. The van der Waals surface area contributed by atoms with E-state index in [1.165, 1.54) is 7.11 Å². The molecule has 0 amide bonds. The summed E-state index contributed by atoms with van der Waals surface area (Å²) in [5.74, 6) is 1.01. The highest BCUT2D eigenvalue weighted by Crippen LogP contribution is 2.23. The molecule has 0 saturated heterocycles. The van der Waals surface area contributed by atoms with Crippen molar-refractivity contribution in [1.82, 2.24) is 15.2 Å². The molecule has 0 radical (unpaired) electrons. The van der Waals surface area contributed by atoms with Crippen LogP contribution in [0.4, 0.5) is 0 Å². The van der Waals surface area contributed by atoms with E-state index in [1.807, 2.05) is 6.92 Å². The monoisotopic (exact) mass is 261 g/mol. The minimum Gasteiger partial charge on any atom is -0.492 e. The third-order valence-corrected chi connectivity index (χ3v) is 2.51. The van der Waals surface area contributed by atoms with Crippen LogP contribution in [0.25, 0.3) is 0 Å². The summed E-state index contributed by atoms with van der Waals surface area (Å²) in [6, 6.07) is 5.03. The Labute approximate surface area is 111 Å². The van der Waals surface area contributed by atoms with E-state index in [4.69, 9.17) is 9.47 Å². The van der Waals surface area contributed by atoms with Crippen molar-refractivity contribution in [2.75, 3.05) is 13.7 Å². The third-order valence-electron chi connectivity index (χ3n) is 2.51. The van der Waals surface area contributed by atoms with E-state index in [-0.39, 0.29) is 0 Å². The summed E-state index contributed by atoms with van der Waals surface area (Å²) in [5.41, 5.74) is 1.03. The van der Waals surface area contributed by atoms with Crippen LogP contribution < -0.4 is 9.47 Å². The first kappa shape index (κ1) is 13.2. The molecule has 100 valence electrons. The average Bonchev–Trinajstić information content (AvgIpc) is 2.47. The molecule has 2 heterocycles. The van der Waals surface area contributed by atoms with E-state index in [1.54, 1.807) is 30.6 Å². The summed E-state index contributed by atoms with van der Waals surface area (Å²) in [7, 11) is 1.51. The lowest BCUT2D eigenvalue weighted by atomic mass is 10.1. The fourth-order valence-electron chi connectivity index (χ4n) is 1.59. The van der Waals surface area contributed by atoms with Gasteiger partial charge in [0.1, 0.15) is 11.9 Å². The number of hydrogen-bond donors (Lipinski definition) is 1. The average molecular weight is 261 g/mol. The number of rotatable bonds is 5. The van der Waals surface area contributed by atoms with Gasteiger partial charge >= 0.3 is 0 Å². The molecule has 1 unspecified atom stereocenters. The van der Waals surface area contributed by atoms with Gasteiger partial charge in [-0.05, 0) is 19.1 Å². The summed E-state index contributed by atoms with van der Waals surface area (Å²) in [4.78, 5) is 4.03. The van der Waals surface area contributed by atoms with Crippen molar-refractivity contribution in [3.63, 3.8) is 0 Å². The number of pyridine rings is 1. The van der Waals surface area contributed by atoms with Crippen LogP contribution in [0.3, 0.4) is 0 Å². The van der Waals surface area contributed by atoms with Crippen molar-refractivity contribution in [2.45, 2.75) is 13.0 Å². The number of ether oxygens (including phenoxy) is 2. The second-order valence-corrected chi connectivity index (χ2v) is 3.79. The Morgan fingerprint density at radius 1 is 1.26 bits per heavy atom. The molecule has 0 aromatic carbocycles. The molecule has 6 heteroatoms. The number of aromatic nitrogens is 3. The van der Waals surface area contributed by atoms with Crippen LogP contribution in [0, 0.1) is 0 Å². The molecule has 6 nitrogen and oxygen atoms in total. The van der Waals surface area contributed by atoms with Crippen LogP contribution in [-0.4, -0.2) is 34.0 Å². The highest BCUT2D eigenvalue weighted by atomic mass is 16.5. The normalized spacial score (nSPS) is 11.9. The maximum atomic E-state index is 10.2. The Kier molecular flexibility index (Phi) is 4.25. The predicted octanol–water partition coefficient (Wildman–Crippen LogP) is 1.36. The van der Waals surface area contributed by atoms with Crippen LogP contribution in [0.15, 0.2) is 30.6 Å². The molecule has 0 aliphatic rings. The number of aliphatic hydroxyl groups is 1. The summed E-state index contributed by atoms with van der Waals surface area (Å²) >= 11 is 0. The fraction of sp³-hybridized carbons (Fsp3) is 0.308. The number of nitrogens with zero attached hydrogens (tertiary/aromatic N) is 3. The zero-order chi connectivity index (χ0) is 13.7. The number of methoxy groups -OCH3 is 1. The lowest BCUT2D eigenvalue weighted by Crippen LogP contribution is -2.05. The molecule has 1 atom stereocenters. The van der Waals surface area contributed by atoms with Crippen LogP contribution in [0.5, 0.6) is 11.6 Å². The largest absolute Gasteiger partial charge is 0.492 e. The zero-order valence-electron chi connectivity index (χ0n) is 10.8. The second-order valence-electron chi connectivity index (χ2n) is 3.79. The van der Waals surface area contributed by atoms with Gasteiger partial charge in [-0.2, -0.15) is 0 Å². The first-order valence-corrected chi connectivity index (χ1v) is 5.88. The molecule has 0 bridgehead atoms. The minimum atomic E-state index is -0.897. The summed E-state index contributed by atoms with van der Waals surface area (Å²) in [6.07, 6.45) is 2.27. The summed E-state index contributed by atoms with van der Waals surface area (Å²) in [5, 5.41) is 17.9. The maximum absolute atomic E-state index is 10.2. The summed E-state index contributed by atoms with van der Waals surface area (Å²) < 4.78 is 10.3. The first-order chi connectivity index (χ1) is 9.24.